The summed E-state index contributed by atoms with van der Waals surface area (Å²) in [5.41, 5.74) is 25.3. The molecule has 3 heterocycles. The largest absolute Gasteiger partial charge is 0.311 e. The van der Waals surface area contributed by atoms with Crippen LogP contribution in [0.15, 0.2) is 152 Å². The standard InChI is InChI=1S/C69H70BN3S/c1-42-32-60-64-61(33-42)73(57-39-53-51(34-43(57)2)66(6,7)30-31-67(53,8)9)59-40-54-52(68(10,11)41-69(54,12)13)38-56(59)70(64)55-29-26-47(71(45-20-16-14-17-21-45)46-22-18-15-19-23-46)36-58(55)72(60)48-25-28-50-49-27-24-44(65(3,4)5)35-62(49)74-63(50)37-48/h14-29,32-40H,30-31,41H2,1-13H3. The first-order valence-corrected chi connectivity index (χ1v) is 28.0. The number of hydrogen-bond donors (Lipinski definition) is 0. The second kappa shape index (κ2) is 16.0. The third kappa shape index (κ3) is 7.12. The molecule has 0 atom stereocenters. The molecule has 2 aliphatic carbocycles. The Morgan fingerprint density at radius 3 is 1.65 bits per heavy atom. The monoisotopic (exact) mass is 984 g/mol. The van der Waals surface area contributed by atoms with E-state index in [0.717, 1.165) is 23.5 Å². The van der Waals surface area contributed by atoms with Gasteiger partial charge in [0.25, 0.3) is 6.71 Å². The van der Waals surface area contributed by atoms with Crippen LogP contribution in [0, 0.1) is 13.8 Å². The van der Waals surface area contributed by atoms with Gasteiger partial charge in [0, 0.05) is 71.4 Å². The lowest BCUT2D eigenvalue weighted by Gasteiger charge is -2.46. The van der Waals surface area contributed by atoms with E-state index in [4.69, 9.17) is 0 Å². The van der Waals surface area contributed by atoms with E-state index in [1.54, 1.807) is 0 Å². The number of fused-ring (bicyclic) bond motifs is 9. The predicted molar refractivity (Wildman–Crippen MR) is 322 cm³/mol. The molecule has 4 aliphatic rings. The van der Waals surface area contributed by atoms with Crippen LogP contribution in [0.25, 0.3) is 20.2 Å². The molecular weight excluding hydrogens is 914 g/mol. The van der Waals surface area contributed by atoms with Gasteiger partial charge in [-0.1, -0.05) is 149 Å². The van der Waals surface area contributed by atoms with Gasteiger partial charge < -0.3 is 14.7 Å². The molecule has 0 bridgehead atoms. The second-order valence-electron chi connectivity index (χ2n) is 26.2. The topological polar surface area (TPSA) is 9.72 Å². The van der Waals surface area contributed by atoms with Crippen molar-refractivity contribution in [1.29, 1.82) is 0 Å². The van der Waals surface area contributed by atoms with Crippen LogP contribution in [0.1, 0.15) is 134 Å². The Kier molecular flexibility index (Phi) is 10.2. The van der Waals surface area contributed by atoms with Crippen molar-refractivity contribution in [1.82, 2.24) is 0 Å². The van der Waals surface area contributed by atoms with Crippen LogP contribution in [0.2, 0.25) is 0 Å². The van der Waals surface area contributed by atoms with Gasteiger partial charge in [-0.2, -0.15) is 0 Å². The summed E-state index contributed by atoms with van der Waals surface area (Å²) in [6.45, 7) is 31.4. The minimum atomic E-state index is -0.00366. The van der Waals surface area contributed by atoms with E-state index in [2.05, 4.69) is 256 Å². The fraction of sp³-hybridized carbons (Fsp3) is 0.304. The molecule has 1 aromatic heterocycles. The van der Waals surface area contributed by atoms with Crippen LogP contribution in [-0.4, -0.2) is 6.71 Å². The van der Waals surface area contributed by atoms with E-state index < -0.39 is 0 Å². The average Bonchev–Trinajstić information content (AvgIpc) is 3.81. The summed E-state index contributed by atoms with van der Waals surface area (Å²) < 4.78 is 2.65. The highest BCUT2D eigenvalue weighted by Gasteiger charge is 2.49. The van der Waals surface area contributed by atoms with Crippen molar-refractivity contribution in [3.05, 3.63) is 191 Å². The summed E-state index contributed by atoms with van der Waals surface area (Å²) in [6, 6.07) is 59.0. The van der Waals surface area contributed by atoms with E-state index >= 15 is 0 Å². The first-order chi connectivity index (χ1) is 35.1. The zero-order valence-corrected chi connectivity index (χ0v) is 46.7. The highest BCUT2D eigenvalue weighted by atomic mass is 32.1. The average molecular weight is 984 g/mol. The van der Waals surface area contributed by atoms with Crippen LogP contribution < -0.4 is 31.1 Å². The summed E-state index contributed by atoms with van der Waals surface area (Å²) in [5.74, 6) is 0. The van der Waals surface area contributed by atoms with Crippen LogP contribution in [0.3, 0.4) is 0 Å². The molecule has 5 heteroatoms. The molecule has 370 valence electrons. The number of thiophene rings is 1. The van der Waals surface area contributed by atoms with Crippen molar-refractivity contribution < 1.29 is 0 Å². The highest BCUT2D eigenvalue weighted by molar-refractivity contribution is 7.25. The van der Waals surface area contributed by atoms with Crippen molar-refractivity contribution in [2.75, 3.05) is 14.7 Å². The zero-order chi connectivity index (χ0) is 51.6. The molecule has 2 aliphatic heterocycles. The number of anilines is 9. The first kappa shape index (κ1) is 47.2. The van der Waals surface area contributed by atoms with Crippen molar-refractivity contribution in [3.63, 3.8) is 0 Å². The van der Waals surface area contributed by atoms with E-state index in [1.807, 2.05) is 11.3 Å². The van der Waals surface area contributed by atoms with E-state index in [9.17, 15) is 0 Å². The second-order valence-corrected chi connectivity index (χ2v) is 27.3. The molecule has 0 N–H and O–H groups in total. The smallest absolute Gasteiger partial charge is 0.252 e. The molecular formula is C69H70BN3S. The summed E-state index contributed by atoms with van der Waals surface area (Å²) in [5, 5.41) is 2.65. The Hall–Kier alpha value is -6.56. The Labute approximate surface area is 445 Å². The number of nitrogens with zero attached hydrogens (tertiary/aromatic N) is 3. The molecule has 0 radical (unpaired) electrons. The third-order valence-corrected chi connectivity index (χ3v) is 19.1. The first-order valence-electron chi connectivity index (χ1n) is 27.2. The number of hydrogen-bond acceptors (Lipinski definition) is 4. The van der Waals surface area contributed by atoms with Crippen molar-refractivity contribution in [2.24, 2.45) is 0 Å². The van der Waals surface area contributed by atoms with Gasteiger partial charge in [0.05, 0.1) is 0 Å². The van der Waals surface area contributed by atoms with Gasteiger partial charge in [0.2, 0.25) is 0 Å². The summed E-state index contributed by atoms with van der Waals surface area (Å²) >= 11 is 1.93. The van der Waals surface area contributed by atoms with Crippen LogP contribution in [0.5, 0.6) is 0 Å². The van der Waals surface area contributed by atoms with Crippen molar-refractivity contribution in [2.45, 2.75) is 136 Å². The molecule has 8 aromatic carbocycles. The van der Waals surface area contributed by atoms with Crippen molar-refractivity contribution in [3.8, 4) is 0 Å². The Morgan fingerprint density at radius 2 is 1.01 bits per heavy atom. The minimum absolute atomic E-state index is 0.00366. The van der Waals surface area contributed by atoms with E-state index in [-0.39, 0.29) is 33.8 Å². The molecule has 0 spiro atoms. The van der Waals surface area contributed by atoms with Gasteiger partial charge in [-0.15, -0.1) is 11.3 Å². The lowest BCUT2D eigenvalue weighted by molar-refractivity contribution is 0.332. The number of para-hydroxylation sites is 2. The number of benzene rings is 8. The SMILES string of the molecule is Cc1cc2c3c(c1)N(c1cc4c(cc1C)C(C)(C)CCC4(C)C)c1cc4c(cc1B3c1ccc(N(c3ccccc3)c3ccccc3)cc1N2c1ccc2c(c1)sc1cc(C(C)(C)C)ccc12)C(C)(C)CC4(C)C. The minimum Gasteiger partial charge on any atom is -0.311 e. The predicted octanol–water partition coefficient (Wildman–Crippen LogP) is 17.8. The lowest BCUT2D eigenvalue weighted by Crippen LogP contribution is -2.61. The molecule has 13 rings (SSSR count). The quantitative estimate of drug-likeness (QED) is 0.159. The fourth-order valence-corrected chi connectivity index (χ4v) is 15.4. The Morgan fingerprint density at radius 1 is 0.473 bits per heavy atom. The molecule has 0 unspecified atom stereocenters. The van der Waals surface area contributed by atoms with Gasteiger partial charge >= 0.3 is 0 Å². The van der Waals surface area contributed by atoms with Crippen molar-refractivity contribution >= 4 is 106 Å². The maximum absolute atomic E-state index is 2.72. The van der Waals surface area contributed by atoms with Crippen LogP contribution >= 0.6 is 11.3 Å². The molecule has 0 amide bonds. The van der Waals surface area contributed by atoms with E-state index in [0.29, 0.717) is 0 Å². The Bertz CT molecular complexity index is 3750. The van der Waals surface area contributed by atoms with Gasteiger partial charge in [0.1, 0.15) is 0 Å². The van der Waals surface area contributed by atoms with Crippen LogP contribution in [-0.2, 0) is 27.1 Å². The Balaban J connectivity index is 1.12. The van der Waals surface area contributed by atoms with Gasteiger partial charge in [-0.05, 0) is 194 Å². The molecule has 0 fully saturated rings. The molecule has 0 saturated heterocycles. The molecule has 0 saturated carbocycles. The molecule has 74 heavy (non-hydrogen) atoms. The van der Waals surface area contributed by atoms with Gasteiger partial charge in [-0.25, -0.2) is 0 Å². The molecule has 3 nitrogen and oxygen atoms in total. The lowest BCUT2D eigenvalue weighted by atomic mass is 9.33. The normalized spacial score (nSPS) is 17.4. The van der Waals surface area contributed by atoms with Gasteiger partial charge in [0.15, 0.2) is 0 Å². The summed E-state index contributed by atoms with van der Waals surface area (Å²) in [6.07, 6.45) is 3.48. The number of rotatable bonds is 5. The zero-order valence-electron chi connectivity index (χ0n) is 45.9. The van der Waals surface area contributed by atoms with E-state index in [1.165, 1.54) is 122 Å². The van der Waals surface area contributed by atoms with Crippen LogP contribution in [0.4, 0.5) is 51.2 Å². The fourth-order valence-electron chi connectivity index (χ4n) is 14.2. The summed E-state index contributed by atoms with van der Waals surface area (Å²) in [7, 11) is 0. The molecule has 9 aromatic rings. The van der Waals surface area contributed by atoms with Gasteiger partial charge in [-0.3, -0.25) is 0 Å². The highest BCUT2D eigenvalue weighted by Crippen LogP contribution is 2.55. The number of aryl methyl sites for hydroxylation is 2. The maximum atomic E-state index is 2.72. The maximum Gasteiger partial charge on any atom is 0.252 e. The third-order valence-electron chi connectivity index (χ3n) is 18.0. The summed E-state index contributed by atoms with van der Waals surface area (Å²) in [4.78, 5) is 7.78.